The van der Waals surface area contributed by atoms with E-state index < -0.39 is 0 Å². The molecule has 0 amide bonds. The van der Waals surface area contributed by atoms with Crippen LogP contribution in [0.4, 0.5) is 0 Å². The first-order valence-corrected chi connectivity index (χ1v) is 7.08. The zero-order valence-electron chi connectivity index (χ0n) is 11.1. The number of hydrogen-bond acceptors (Lipinski definition) is 1. The Morgan fingerprint density at radius 3 is 2.37 bits per heavy atom. The van der Waals surface area contributed by atoms with Crippen LogP contribution in [0, 0.1) is 6.92 Å². The number of hydrogen-bond donors (Lipinski definition) is 1. The molecule has 1 fully saturated rings. The lowest BCUT2D eigenvalue weighted by atomic mass is 9.84. The minimum atomic E-state index is 0.0213. The Morgan fingerprint density at radius 1 is 1.11 bits per heavy atom. The van der Waals surface area contributed by atoms with Crippen molar-refractivity contribution in [1.29, 1.82) is 0 Å². The first kappa shape index (κ1) is 12.7. The second kappa shape index (κ2) is 4.66. The third kappa shape index (κ3) is 2.18. The number of aryl methyl sites for hydroxylation is 1. The highest BCUT2D eigenvalue weighted by molar-refractivity contribution is 6.31. The summed E-state index contributed by atoms with van der Waals surface area (Å²) in [6.45, 7) is 2.02. The lowest BCUT2D eigenvalue weighted by Crippen LogP contribution is -2.26. The summed E-state index contributed by atoms with van der Waals surface area (Å²) >= 11 is 6.22. The molecular weight excluding hydrogens is 254 g/mol. The van der Waals surface area contributed by atoms with Gasteiger partial charge in [0.2, 0.25) is 0 Å². The highest BCUT2D eigenvalue weighted by atomic mass is 35.5. The Hall–Kier alpha value is -1.31. The zero-order valence-corrected chi connectivity index (χ0v) is 11.8. The molecule has 2 heteroatoms. The molecule has 0 aliphatic heterocycles. The van der Waals surface area contributed by atoms with Gasteiger partial charge in [-0.05, 0) is 42.5 Å². The average Bonchev–Trinajstić information content (AvgIpc) is 3.24. The van der Waals surface area contributed by atoms with Gasteiger partial charge in [0.15, 0.2) is 0 Å². The molecule has 1 aliphatic rings. The summed E-state index contributed by atoms with van der Waals surface area (Å²) in [6.07, 6.45) is 2.31. The molecule has 2 aromatic carbocycles. The molecule has 0 spiro atoms. The quantitative estimate of drug-likeness (QED) is 0.881. The number of halogens is 1. The molecule has 1 nitrogen and oxygen atoms in total. The summed E-state index contributed by atoms with van der Waals surface area (Å²) in [5.41, 5.74) is 10.2. The van der Waals surface area contributed by atoms with Crippen LogP contribution in [0.1, 0.15) is 35.6 Å². The Kier molecular flexibility index (Phi) is 3.12. The highest BCUT2D eigenvalue weighted by Crippen LogP contribution is 2.55. The highest BCUT2D eigenvalue weighted by Gasteiger charge is 2.49. The fourth-order valence-corrected chi connectivity index (χ4v) is 2.99. The summed E-state index contributed by atoms with van der Waals surface area (Å²) in [5, 5.41) is 0.803. The van der Waals surface area contributed by atoms with Gasteiger partial charge in [0.05, 0.1) is 0 Å². The van der Waals surface area contributed by atoms with E-state index in [2.05, 4.69) is 36.4 Å². The predicted octanol–water partition coefficient (Wildman–Crippen LogP) is 4.38. The van der Waals surface area contributed by atoms with E-state index >= 15 is 0 Å². The number of nitrogens with two attached hydrogens (primary N) is 1. The summed E-state index contributed by atoms with van der Waals surface area (Å²) in [5.74, 6) is 0. The van der Waals surface area contributed by atoms with Crippen molar-refractivity contribution < 1.29 is 0 Å². The maximum Gasteiger partial charge on any atom is 0.0438 e. The lowest BCUT2D eigenvalue weighted by Gasteiger charge is -2.24. The van der Waals surface area contributed by atoms with Crippen molar-refractivity contribution in [1.82, 2.24) is 0 Å². The second-order valence-corrected chi connectivity index (χ2v) is 5.92. The molecule has 1 unspecified atom stereocenters. The fraction of sp³-hybridized carbons (Fsp3) is 0.294. The van der Waals surface area contributed by atoms with E-state index in [1.165, 1.54) is 5.56 Å². The van der Waals surface area contributed by atoms with Crippen molar-refractivity contribution in [3.63, 3.8) is 0 Å². The number of rotatable bonds is 3. The van der Waals surface area contributed by atoms with Gasteiger partial charge >= 0.3 is 0 Å². The van der Waals surface area contributed by atoms with Crippen molar-refractivity contribution in [2.45, 2.75) is 31.2 Å². The Balaban J connectivity index is 1.96. The molecule has 2 aromatic rings. The van der Waals surface area contributed by atoms with Crippen molar-refractivity contribution in [2.75, 3.05) is 0 Å². The summed E-state index contributed by atoms with van der Waals surface area (Å²) in [7, 11) is 0. The van der Waals surface area contributed by atoms with Crippen LogP contribution in [0.25, 0.3) is 0 Å². The van der Waals surface area contributed by atoms with Crippen LogP contribution >= 0.6 is 11.6 Å². The molecule has 98 valence electrons. The molecule has 2 N–H and O–H groups in total. The van der Waals surface area contributed by atoms with Gasteiger partial charge in [0.25, 0.3) is 0 Å². The summed E-state index contributed by atoms with van der Waals surface area (Å²) < 4.78 is 0. The van der Waals surface area contributed by atoms with Crippen molar-refractivity contribution in [3.05, 3.63) is 70.2 Å². The molecule has 0 radical (unpaired) electrons. The lowest BCUT2D eigenvalue weighted by molar-refractivity contribution is 0.541. The van der Waals surface area contributed by atoms with Gasteiger partial charge in [-0.2, -0.15) is 0 Å². The average molecular weight is 272 g/mol. The first-order chi connectivity index (χ1) is 9.13. The van der Waals surface area contributed by atoms with Gasteiger partial charge in [-0.3, -0.25) is 0 Å². The molecule has 1 atom stereocenters. The molecule has 0 saturated heterocycles. The van der Waals surface area contributed by atoms with Crippen molar-refractivity contribution in [3.8, 4) is 0 Å². The van der Waals surface area contributed by atoms with Crippen LogP contribution in [0.2, 0.25) is 5.02 Å². The van der Waals surface area contributed by atoms with E-state index in [4.69, 9.17) is 17.3 Å². The van der Waals surface area contributed by atoms with Crippen molar-refractivity contribution >= 4 is 11.6 Å². The smallest absolute Gasteiger partial charge is 0.0438 e. The maximum atomic E-state index is 6.53. The summed E-state index contributed by atoms with van der Waals surface area (Å²) in [4.78, 5) is 0. The van der Waals surface area contributed by atoms with Crippen LogP contribution in [0.5, 0.6) is 0 Å². The van der Waals surface area contributed by atoms with Crippen LogP contribution < -0.4 is 5.73 Å². The topological polar surface area (TPSA) is 26.0 Å². The third-order valence-electron chi connectivity index (χ3n) is 4.29. The molecule has 1 aliphatic carbocycles. The second-order valence-electron chi connectivity index (χ2n) is 5.51. The van der Waals surface area contributed by atoms with E-state index in [0.717, 1.165) is 29.0 Å². The SMILES string of the molecule is Cc1ccc(C(N)C2(c3ccccc3)CC2)cc1Cl. The fourth-order valence-electron chi connectivity index (χ4n) is 2.81. The van der Waals surface area contributed by atoms with Crippen LogP contribution in [0.3, 0.4) is 0 Å². The monoisotopic (exact) mass is 271 g/mol. The molecule has 3 rings (SSSR count). The molecule has 0 heterocycles. The largest absolute Gasteiger partial charge is 0.323 e. The standard InChI is InChI=1S/C17H18ClN/c1-12-7-8-13(11-15(12)18)16(19)17(9-10-17)14-5-3-2-4-6-14/h2-8,11,16H,9-10,19H2,1H3. The molecule has 1 saturated carbocycles. The Labute approximate surface area is 119 Å². The van der Waals surface area contributed by atoms with E-state index in [-0.39, 0.29) is 11.5 Å². The number of benzene rings is 2. The molecular formula is C17H18ClN. The van der Waals surface area contributed by atoms with E-state index in [1.807, 2.05) is 19.1 Å². The zero-order chi connectivity index (χ0) is 13.5. The molecule has 0 bridgehead atoms. The normalized spacial score (nSPS) is 18.1. The minimum Gasteiger partial charge on any atom is -0.323 e. The molecule has 0 aromatic heterocycles. The first-order valence-electron chi connectivity index (χ1n) is 6.71. The van der Waals surface area contributed by atoms with E-state index in [1.54, 1.807) is 0 Å². The van der Waals surface area contributed by atoms with E-state index in [9.17, 15) is 0 Å². The van der Waals surface area contributed by atoms with Gasteiger partial charge < -0.3 is 5.73 Å². The van der Waals surface area contributed by atoms with Gasteiger partial charge in [-0.25, -0.2) is 0 Å². The van der Waals surface area contributed by atoms with Gasteiger partial charge in [0, 0.05) is 16.5 Å². The van der Waals surface area contributed by atoms with Crippen molar-refractivity contribution in [2.24, 2.45) is 5.73 Å². The van der Waals surface area contributed by atoms with E-state index in [0.29, 0.717) is 0 Å². The maximum absolute atomic E-state index is 6.53. The summed E-state index contributed by atoms with van der Waals surface area (Å²) in [6, 6.07) is 16.8. The Morgan fingerprint density at radius 2 is 1.79 bits per heavy atom. The molecule has 19 heavy (non-hydrogen) atoms. The predicted molar refractivity (Wildman–Crippen MR) is 80.5 cm³/mol. The van der Waals surface area contributed by atoms with Crippen LogP contribution in [-0.2, 0) is 5.41 Å². The van der Waals surface area contributed by atoms with Gasteiger partial charge in [0.1, 0.15) is 0 Å². The third-order valence-corrected chi connectivity index (χ3v) is 4.69. The minimum absolute atomic E-state index is 0.0213. The van der Waals surface area contributed by atoms with Crippen LogP contribution in [0.15, 0.2) is 48.5 Å². The van der Waals surface area contributed by atoms with Gasteiger partial charge in [-0.15, -0.1) is 0 Å². The van der Waals surface area contributed by atoms with Crippen LogP contribution in [-0.4, -0.2) is 0 Å². The van der Waals surface area contributed by atoms with Gasteiger partial charge in [-0.1, -0.05) is 54.1 Å². The Bertz CT molecular complexity index is 587.